The molecule has 0 unspecified atom stereocenters. The van der Waals surface area contributed by atoms with E-state index in [1.165, 1.54) is 6.07 Å². The second-order valence-electron chi connectivity index (χ2n) is 3.37. The van der Waals surface area contributed by atoms with Crippen molar-refractivity contribution in [3.8, 4) is 0 Å². The summed E-state index contributed by atoms with van der Waals surface area (Å²) < 4.78 is 0. The second kappa shape index (κ2) is 5.12. The van der Waals surface area contributed by atoms with Crippen LogP contribution in [0.25, 0.3) is 0 Å². The fourth-order valence-electron chi connectivity index (χ4n) is 1.08. The Hall–Kier alpha value is -0.870. The summed E-state index contributed by atoms with van der Waals surface area (Å²) in [6, 6.07) is 1.42. The van der Waals surface area contributed by atoms with Crippen molar-refractivity contribution < 1.29 is 0 Å². The molecule has 0 aliphatic rings. The lowest BCUT2D eigenvalue weighted by Gasteiger charge is -2.08. The minimum atomic E-state index is -0.135. The van der Waals surface area contributed by atoms with Crippen molar-refractivity contribution >= 4 is 11.6 Å². The summed E-state index contributed by atoms with van der Waals surface area (Å²) in [5.74, 6) is 0.973. The number of aromatic nitrogens is 2. The molecule has 0 fully saturated rings. The number of hydrogen-bond acceptors (Lipinski definition) is 3. The van der Waals surface area contributed by atoms with E-state index in [1.807, 2.05) is 19.0 Å². The number of hydrogen-bond donors (Lipinski definition) is 1. The Bertz CT molecular complexity index is 348. The first kappa shape index (κ1) is 11.2. The van der Waals surface area contributed by atoms with Gasteiger partial charge in [0.2, 0.25) is 0 Å². The van der Waals surface area contributed by atoms with E-state index in [4.69, 9.17) is 11.6 Å². The van der Waals surface area contributed by atoms with E-state index < -0.39 is 0 Å². The van der Waals surface area contributed by atoms with Crippen LogP contribution in [0.1, 0.15) is 11.5 Å². The van der Waals surface area contributed by atoms with Crippen LogP contribution < -0.4 is 5.56 Å². The lowest BCUT2D eigenvalue weighted by atomic mass is 10.3. The zero-order valence-electron chi connectivity index (χ0n) is 8.38. The van der Waals surface area contributed by atoms with Crippen molar-refractivity contribution in [3.05, 3.63) is 27.9 Å². The predicted molar refractivity (Wildman–Crippen MR) is 56.7 cm³/mol. The number of alkyl halides is 1. The lowest BCUT2D eigenvalue weighted by Crippen LogP contribution is -2.19. The Kier molecular flexibility index (Phi) is 4.10. The summed E-state index contributed by atoms with van der Waals surface area (Å²) in [5.41, 5.74) is 0.494. The van der Waals surface area contributed by atoms with Crippen LogP contribution in [0.4, 0.5) is 0 Å². The lowest BCUT2D eigenvalue weighted by molar-refractivity contribution is 0.409. The SMILES string of the molecule is CN(C)CCc1nc(CCl)cc(=O)[nH]1. The standard InChI is InChI=1S/C9H14ClN3O/c1-13(2)4-3-8-11-7(6-10)5-9(14)12-8/h5H,3-4,6H2,1-2H3,(H,11,12,14). The maximum atomic E-state index is 11.1. The fourth-order valence-corrected chi connectivity index (χ4v) is 1.22. The van der Waals surface area contributed by atoms with Crippen LogP contribution in [0.3, 0.4) is 0 Å². The number of H-pyrrole nitrogens is 1. The van der Waals surface area contributed by atoms with Crippen molar-refractivity contribution in [3.63, 3.8) is 0 Å². The van der Waals surface area contributed by atoms with E-state index in [1.54, 1.807) is 0 Å². The summed E-state index contributed by atoms with van der Waals surface area (Å²) in [6.45, 7) is 0.856. The third kappa shape index (κ3) is 3.47. The van der Waals surface area contributed by atoms with Gasteiger partial charge >= 0.3 is 0 Å². The van der Waals surface area contributed by atoms with Gasteiger partial charge in [-0.2, -0.15) is 0 Å². The van der Waals surface area contributed by atoms with Crippen molar-refractivity contribution in [2.75, 3.05) is 20.6 Å². The third-order valence-electron chi connectivity index (χ3n) is 1.78. The summed E-state index contributed by atoms with van der Waals surface area (Å²) in [4.78, 5) is 20.1. The molecule has 1 N–H and O–H groups in total. The average Bonchev–Trinajstić information content (AvgIpc) is 2.14. The maximum absolute atomic E-state index is 11.1. The molecule has 0 bridgehead atoms. The Morgan fingerprint density at radius 3 is 2.86 bits per heavy atom. The van der Waals surface area contributed by atoms with Crippen LogP contribution in [0.2, 0.25) is 0 Å². The first-order valence-electron chi connectivity index (χ1n) is 4.41. The number of nitrogens with zero attached hydrogens (tertiary/aromatic N) is 2. The molecule has 0 saturated heterocycles. The largest absolute Gasteiger partial charge is 0.310 e. The topological polar surface area (TPSA) is 49.0 Å². The van der Waals surface area contributed by atoms with Gasteiger partial charge in [-0.15, -0.1) is 11.6 Å². The molecule has 0 spiro atoms. The van der Waals surface area contributed by atoms with Crippen molar-refractivity contribution in [2.45, 2.75) is 12.3 Å². The van der Waals surface area contributed by atoms with E-state index in [9.17, 15) is 4.79 Å². The Balaban J connectivity index is 2.76. The van der Waals surface area contributed by atoms with Gasteiger partial charge in [0.05, 0.1) is 11.6 Å². The summed E-state index contributed by atoms with van der Waals surface area (Å²) in [6.07, 6.45) is 0.729. The summed E-state index contributed by atoms with van der Waals surface area (Å²) >= 11 is 5.61. The molecule has 0 saturated carbocycles. The highest BCUT2D eigenvalue weighted by Crippen LogP contribution is 1.97. The van der Waals surface area contributed by atoms with Gasteiger partial charge in [0.1, 0.15) is 5.82 Å². The molecule has 1 aromatic heterocycles. The van der Waals surface area contributed by atoms with Crippen LogP contribution in [-0.4, -0.2) is 35.5 Å². The quantitative estimate of drug-likeness (QED) is 0.749. The first-order valence-corrected chi connectivity index (χ1v) is 4.95. The molecule has 1 aromatic rings. The number of nitrogens with one attached hydrogen (secondary N) is 1. The van der Waals surface area contributed by atoms with Crippen LogP contribution in [0.15, 0.2) is 10.9 Å². The number of aromatic amines is 1. The highest BCUT2D eigenvalue weighted by atomic mass is 35.5. The molecule has 78 valence electrons. The van der Waals surface area contributed by atoms with E-state index in [0.717, 1.165) is 13.0 Å². The van der Waals surface area contributed by atoms with Gasteiger partial charge in [-0.05, 0) is 14.1 Å². The third-order valence-corrected chi connectivity index (χ3v) is 2.05. The highest BCUT2D eigenvalue weighted by Gasteiger charge is 2.00. The van der Waals surface area contributed by atoms with E-state index >= 15 is 0 Å². The minimum absolute atomic E-state index is 0.135. The van der Waals surface area contributed by atoms with Crippen LogP contribution in [-0.2, 0) is 12.3 Å². The average molecular weight is 216 g/mol. The Morgan fingerprint density at radius 1 is 1.57 bits per heavy atom. The van der Waals surface area contributed by atoms with Crippen LogP contribution >= 0.6 is 11.6 Å². The van der Waals surface area contributed by atoms with E-state index in [-0.39, 0.29) is 11.4 Å². The zero-order valence-corrected chi connectivity index (χ0v) is 9.14. The molecule has 1 rings (SSSR count). The van der Waals surface area contributed by atoms with Gasteiger partial charge in [0.25, 0.3) is 5.56 Å². The molecule has 14 heavy (non-hydrogen) atoms. The molecule has 1 heterocycles. The molecule has 0 radical (unpaired) electrons. The second-order valence-corrected chi connectivity index (χ2v) is 3.64. The molecular weight excluding hydrogens is 202 g/mol. The maximum Gasteiger partial charge on any atom is 0.251 e. The summed E-state index contributed by atoms with van der Waals surface area (Å²) in [7, 11) is 3.95. The molecule has 0 aliphatic heterocycles. The van der Waals surface area contributed by atoms with Gasteiger partial charge in [0.15, 0.2) is 0 Å². The van der Waals surface area contributed by atoms with Gasteiger partial charge in [0, 0.05) is 19.0 Å². The van der Waals surface area contributed by atoms with Crippen molar-refractivity contribution in [2.24, 2.45) is 0 Å². The number of halogens is 1. The Labute approximate surface area is 87.9 Å². The van der Waals surface area contributed by atoms with Crippen LogP contribution in [0, 0.1) is 0 Å². The van der Waals surface area contributed by atoms with Crippen LogP contribution in [0.5, 0.6) is 0 Å². The van der Waals surface area contributed by atoms with Gasteiger partial charge in [-0.25, -0.2) is 4.98 Å². The van der Waals surface area contributed by atoms with E-state index in [0.29, 0.717) is 11.5 Å². The highest BCUT2D eigenvalue weighted by molar-refractivity contribution is 6.16. The van der Waals surface area contributed by atoms with Crippen molar-refractivity contribution in [1.29, 1.82) is 0 Å². The molecular formula is C9H14ClN3O. The molecule has 0 aromatic carbocycles. The molecule has 0 atom stereocenters. The van der Waals surface area contributed by atoms with Gasteiger partial charge < -0.3 is 9.88 Å². The Morgan fingerprint density at radius 2 is 2.29 bits per heavy atom. The van der Waals surface area contributed by atoms with Crippen molar-refractivity contribution in [1.82, 2.24) is 14.9 Å². The summed E-state index contributed by atoms with van der Waals surface area (Å²) in [5, 5.41) is 0. The molecule has 0 aliphatic carbocycles. The normalized spacial score (nSPS) is 10.9. The predicted octanol–water partition coefficient (Wildman–Crippen LogP) is 0.613. The number of rotatable bonds is 4. The van der Waals surface area contributed by atoms with Gasteiger partial charge in [-0.1, -0.05) is 0 Å². The van der Waals surface area contributed by atoms with E-state index in [2.05, 4.69) is 9.97 Å². The minimum Gasteiger partial charge on any atom is -0.310 e. The molecule has 4 nitrogen and oxygen atoms in total. The molecule has 0 amide bonds. The number of likely N-dealkylation sites (N-methyl/N-ethyl adjacent to an activating group) is 1. The smallest absolute Gasteiger partial charge is 0.251 e. The monoisotopic (exact) mass is 215 g/mol. The zero-order chi connectivity index (χ0) is 10.6. The molecule has 5 heteroatoms. The van der Waals surface area contributed by atoms with Gasteiger partial charge in [-0.3, -0.25) is 4.79 Å². The fraction of sp³-hybridized carbons (Fsp3) is 0.556. The first-order chi connectivity index (χ1) is 6.61.